The van der Waals surface area contributed by atoms with Gasteiger partial charge in [0, 0.05) is 48.0 Å². The fourth-order valence-electron chi connectivity index (χ4n) is 5.25. The van der Waals surface area contributed by atoms with Crippen LogP contribution in [-0.4, -0.2) is 96.1 Å². The second-order valence-electron chi connectivity index (χ2n) is 11.4. The molecule has 0 radical (unpaired) electrons. The molecule has 0 aromatic heterocycles. The molecule has 24 heteroatoms. The molecular weight excluding hydrogens is 748 g/mol. The van der Waals surface area contributed by atoms with E-state index in [4.69, 9.17) is 15.7 Å². The predicted molar refractivity (Wildman–Crippen MR) is 171 cm³/mol. The van der Waals surface area contributed by atoms with Crippen LogP contribution in [-0.2, 0) is 19.1 Å². The molecular formula is C26H36B2ClF4N4NaO10S2. The summed E-state index contributed by atoms with van der Waals surface area (Å²) in [6.45, 7) is 6.07. The van der Waals surface area contributed by atoms with E-state index >= 15 is 0 Å². The molecule has 14 nitrogen and oxygen atoms in total. The third-order valence-electron chi connectivity index (χ3n) is 7.41. The first-order chi connectivity index (χ1) is 22.7. The third kappa shape index (κ3) is 12.3. The van der Waals surface area contributed by atoms with Crippen LogP contribution in [0.3, 0.4) is 0 Å². The van der Waals surface area contributed by atoms with Crippen molar-refractivity contribution in [3.05, 3.63) is 36.4 Å². The molecule has 0 aliphatic carbocycles. The number of rotatable bonds is 7. The van der Waals surface area contributed by atoms with Gasteiger partial charge in [-0.3, -0.25) is 0 Å². The van der Waals surface area contributed by atoms with E-state index in [2.05, 4.69) is 34.7 Å². The average Bonchev–Trinajstić information content (AvgIpc) is 3.49. The molecule has 4 aliphatic heterocycles. The molecule has 0 amide bonds. The van der Waals surface area contributed by atoms with Gasteiger partial charge in [-0.15, -0.1) is 17.6 Å². The van der Waals surface area contributed by atoms with Gasteiger partial charge in [0.25, 0.3) is 9.05 Å². The van der Waals surface area contributed by atoms with E-state index in [0.29, 0.717) is 18.9 Å². The van der Waals surface area contributed by atoms with Crippen molar-refractivity contribution >= 4 is 43.9 Å². The number of fused-ring (bicyclic) bond motifs is 2. The molecule has 2 aromatic rings. The Morgan fingerprint density at radius 1 is 0.780 bits per heavy atom. The number of halogens is 5. The second kappa shape index (κ2) is 17.5. The van der Waals surface area contributed by atoms with Crippen LogP contribution in [0.1, 0.15) is 27.1 Å². The Morgan fingerprint density at radius 3 is 1.62 bits per heavy atom. The smallest absolute Gasteiger partial charge is 1.00 e. The van der Waals surface area contributed by atoms with Crippen molar-refractivity contribution in [2.45, 2.75) is 73.8 Å². The summed E-state index contributed by atoms with van der Waals surface area (Å²) in [5.74, 6) is -1.09. The monoisotopic (exact) mass is 784 g/mol. The molecule has 0 saturated carbocycles. The topological polar surface area (TPSA) is 185 Å². The summed E-state index contributed by atoms with van der Waals surface area (Å²) in [6, 6.07) is 6.94. The van der Waals surface area contributed by atoms with Crippen molar-refractivity contribution < 1.29 is 94.4 Å². The Labute approximate surface area is 316 Å². The summed E-state index contributed by atoms with van der Waals surface area (Å²) in [6.07, 6.45) is -4.19. The summed E-state index contributed by atoms with van der Waals surface area (Å²) in [7, 11) is -3.78. The predicted octanol–water partition coefficient (Wildman–Crippen LogP) is -0.648. The minimum absolute atomic E-state index is 0. The number of ether oxygens (including phenoxy) is 4. The zero-order valence-electron chi connectivity index (χ0n) is 28.2. The van der Waals surface area contributed by atoms with Crippen molar-refractivity contribution in [2.75, 3.05) is 26.2 Å². The van der Waals surface area contributed by atoms with Gasteiger partial charge >= 0.3 is 56.2 Å². The van der Waals surface area contributed by atoms with Crippen LogP contribution in [0.25, 0.3) is 0 Å². The summed E-state index contributed by atoms with van der Waals surface area (Å²) in [5, 5.41) is 27.6. The maximum atomic E-state index is 13.0. The van der Waals surface area contributed by atoms with Crippen LogP contribution in [0.4, 0.5) is 17.6 Å². The van der Waals surface area contributed by atoms with E-state index in [1.807, 2.05) is 0 Å². The van der Waals surface area contributed by atoms with Crippen LogP contribution < -0.4 is 64.3 Å². The molecule has 0 atom stereocenters. The molecule has 50 heavy (non-hydrogen) atoms. The zero-order valence-corrected chi connectivity index (χ0v) is 31.6. The normalized spacial score (nSPS) is 19.6. The molecule has 2 aromatic carbocycles. The number of benzene rings is 2. The Bertz CT molecular complexity index is 1680. The molecule has 0 unspecified atom stereocenters. The summed E-state index contributed by atoms with van der Waals surface area (Å²) in [4.78, 5) is -0.450. The van der Waals surface area contributed by atoms with Crippen LogP contribution in [0.15, 0.2) is 46.2 Å². The summed E-state index contributed by atoms with van der Waals surface area (Å²) < 4.78 is 116. The molecule has 0 bridgehead atoms. The van der Waals surface area contributed by atoms with Crippen LogP contribution >= 0.6 is 10.7 Å². The van der Waals surface area contributed by atoms with Gasteiger partial charge in [-0.1, -0.05) is 0 Å². The van der Waals surface area contributed by atoms with E-state index in [0.717, 1.165) is 56.3 Å². The van der Waals surface area contributed by atoms with Crippen LogP contribution in [0.5, 0.6) is 23.0 Å². The molecule has 4 aliphatic rings. The number of hydrogen-bond acceptors (Lipinski definition) is 13. The molecule has 274 valence electrons. The van der Waals surface area contributed by atoms with E-state index in [1.54, 1.807) is 13.6 Å². The Kier molecular flexibility index (Phi) is 15.0. The van der Waals surface area contributed by atoms with Gasteiger partial charge in [0.1, 0.15) is 0 Å². The largest absolute Gasteiger partial charge is 1.00 e. The molecule has 0 spiro atoms. The SMILES string of the molecule is CB(O)NC1CCN(S(=O)(=O)c2ccc3c(c2)OC(F)(F)O3)CC1.CB(O)NC1CCNCC1.O=S(=O)(Cl)c1ccc2c(c1)OC(F)(F)O2.[H-].[Na+]. The number of sulfonamides is 1. The molecule has 4 heterocycles. The number of nitrogens with one attached hydrogen (secondary N) is 3. The van der Waals surface area contributed by atoms with E-state index in [9.17, 15) is 39.4 Å². The molecule has 2 saturated heterocycles. The maximum absolute atomic E-state index is 13.0. The first kappa shape index (κ1) is 42.8. The quantitative estimate of drug-likeness (QED) is 0.136. The van der Waals surface area contributed by atoms with Crippen molar-refractivity contribution in [3.8, 4) is 23.0 Å². The van der Waals surface area contributed by atoms with Crippen molar-refractivity contribution in [1.82, 2.24) is 20.1 Å². The van der Waals surface area contributed by atoms with Crippen molar-refractivity contribution in [1.29, 1.82) is 0 Å². The minimum atomic E-state index is -3.97. The van der Waals surface area contributed by atoms with Gasteiger partial charge in [-0.2, -0.15) is 4.31 Å². The van der Waals surface area contributed by atoms with Crippen LogP contribution in [0, 0.1) is 0 Å². The molecule has 6 rings (SSSR count). The van der Waals surface area contributed by atoms with Crippen molar-refractivity contribution in [3.63, 3.8) is 0 Å². The molecule has 5 N–H and O–H groups in total. The zero-order chi connectivity index (χ0) is 36.2. The van der Waals surface area contributed by atoms with Crippen molar-refractivity contribution in [2.24, 2.45) is 0 Å². The number of piperidine rings is 2. The first-order valence-electron chi connectivity index (χ1n) is 15.1. The molecule has 2 fully saturated rings. The Balaban J connectivity index is 0.000000286. The van der Waals surface area contributed by atoms with Gasteiger partial charge in [-0.05, 0) is 76.7 Å². The number of nitrogens with zero attached hydrogens (tertiary/aromatic N) is 1. The van der Waals surface area contributed by atoms with E-state index in [1.165, 1.54) is 10.4 Å². The maximum Gasteiger partial charge on any atom is 1.00 e. The second-order valence-corrected chi connectivity index (χ2v) is 15.9. The van der Waals surface area contributed by atoms with Gasteiger partial charge in [-0.25, -0.2) is 16.8 Å². The fourth-order valence-corrected chi connectivity index (χ4v) is 7.51. The minimum Gasteiger partial charge on any atom is -1.00 e. The van der Waals surface area contributed by atoms with E-state index < -0.39 is 38.7 Å². The number of alkyl halides is 4. The van der Waals surface area contributed by atoms with Crippen LogP contribution in [0.2, 0.25) is 13.6 Å². The third-order valence-corrected chi connectivity index (χ3v) is 10.7. The van der Waals surface area contributed by atoms with Gasteiger partial charge in [0.05, 0.1) is 9.79 Å². The van der Waals surface area contributed by atoms with Gasteiger partial charge in [0.15, 0.2) is 23.0 Å². The summed E-state index contributed by atoms with van der Waals surface area (Å²) in [5.41, 5.74) is 0. The Hall–Kier alpha value is -1.56. The van der Waals surface area contributed by atoms with E-state index in [-0.39, 0.29) is 90.0 Å². The Morgan fingerprint density at radius 2 is 1.18 bits per heavy atom. The van der Waals surface area contributed by atoms with Gasteiger partial charge < -0.3 is 46.2 Å². The number of hydrogen-bond donors (Lipinski definition) is 5. The first-order valence-corrected chi connectivity index (χ1v) is 18.8. The fraction of sp³-hybridized carbons (Fsp3) is 0.538. The summed E-state index contributed by atoms with van der Waals surface area (Å²) >= 11 is 0. The standard InChI is InChI=1S/C13H17BF2N2O5S.C7H3ClF2O4S.C6H15BN2O.Na.H/c1-14(19)17-9-4-6-18(7-5-9)24(20,21)10-2-3-11-12(8-10)23-13(15,16)22-11;8-15(11,12)4-1-2-5-6(3-4)14-7(9,10)13-5;1-7(10)9-6-2-4-8-5-3-6;;/h2-3,8-9,17,19H,4-7H2,1H3;1-3H;6,8-10H,2-5H2,1H3;;/q;;;+1;-1. The van der Waals surface area contributed by atoms with Gasteiger partial charge in [0.2, 0.25) is 10.0 Å². The average molecular weight is 785 g/mol.